The summed E-state index contributed by atoms with van der Waals surface area (Å²) in [5.74, 6) is 1.66. The van der Waals surface area contributed by atoms with Gasteiger partial charge in [0.15, 0.2) is 0 Å². The van der Waals surface area contributed by atoms with E-state index in [1.807, 2.05) is 6.07 Å². The van der Waals surface area contributed by atoms with Gasteiger partial charge in [0.05, 0.1) is 11.7 Å². The Morgan fingerprint density at radius 1 is 1.35 bits per heavy atom. The Labute approximate surface area is 126 Å². The van der Waals surface area contributed by atoms with Crippen molar-refractivity contribution in [2.45, 2.75) is 58.7 Å². The van der Waals surface area contributed by atoms with Crippen LogP contribution in [0, 0.1) is 0 Å². The first kappa shape index (κ1) is 15.5. The third-order valence-electron chi connectivity index (χ3n) is 3.25. The van der Waals surface area contributed by atoms with Crippen LogP contribution in [0.15, 0.2) is 6.07 Å². The Balaban J connectivity index is 2.35. The minimum absolute atomic E-state index is 0.118. The molecule has 1 aliphatic rings. The van der Waals surface area contributed by atoms with Crippen LogP contribution >= 0.6 is 11.6 Å². The van der Waals surface area contributed by atoms with E-state index in [9.17, 15) is 0 Å². The summed E-state index contributed by atoms with van der Waals surface area (Å²) >= 11 is 6.17. The minimum atomic E-state index is -0.184. The van der Waals surface area contributed by atoms with E-state index in [-0.39, 0.29) is 17.1 Å². The van der Waals surface area contributed by atoms with E-state index in [2.05, 4.69) is 51.4 Å². The monoisotopic (exact) mass is 297 g/mol. The van der Waals surface area contributed by atoms with Crippen molar-refractivity contribution in [1.29, 1.82) is 0 Å². The van der Waals surface area contributed by atoms with Gasteiger partial charge >= 0.3 is 0 Å². The Kier molecular flexibility index (Phi) is 4.00. The van der Waals surface area contributed by atoms with E-state index in [1.54, 1.807) is 0 Å². The summed E-state index contributed by atoms with van der Waals surface area (Å²) < 4.78 is 5.94. The molecule has 0 bridgehead atoms. The summed E-state index contributed by atoms with van der Waals surface area (Å²) in [5.41, 5.74) is -0.302. The lowest BCUT2D eigenvalue weighted by Crippen LogP contribution is -2.52. The van der Waals surface area contributed by atoms with Crippen molar-refractivity contribution < 1.29 is 4.74 Å². The van der Waals surface area contributed by atoms with E-state index in [0.29, 0.717) is 5.15 Å². The molecule has 2 rings (SSSR count). The van der Waals surface area contributed by atoms with E-state index in [0.717, 1.165) is 24.7 Å². The molecule has 1 fully saturated rings. The molecule has 0 radical (unpaired) electrons. The van der Waals surface area contributed by atoms with Gasteiger partial charge in [-0.05, 0) is 20.8 Å². The van der Waals surface area contributed by atoms with E-state index in [4.69, 9.17) is 21.3 Å². The second kappa shape index (κ2) is 5.15. The lowest BCUT2D eigenvalue weighted by atomic mass is 9.96. The van der Waals surface area contributed by atoms with Crippen molar-refractivity contribution >= 4 is 17.4 Å². The fourth-order valence-electron chi connectivity index (χ4n) is 2.53. The highest BCUT2D eigenvalue weighted by molar-refractivity contribution is 6.29. The number of hydrogen-bond donors (Lipinski definition) is 0. The molecule has 0 aliphatic carbocycles. The molecule has 0 saturated carbocycles. The molecule has 1 aliphatic heterocycles. The number of ether oxygens (including phenoxy) is 1. The SMILES string of the molecule is CC1CN(c2cc(Cl)nc(C(C)(C)C)n2)CC(C)(C)O1. The molecular weight excluding hydrogens is 274 g/mol. The van der Waals surface area contributed by atoms with Crippen LogP contribution in [-0.4, -0.2) is 34.8 Å². The van der Waals surface area contributed by atoms with Crippen molar-refractivity contribution in [3.63, 3.8) is 0 Å². The summed E-state index contributed by atoms with van der Waals surface area (Å²) in [4.78, 5) is 11.3. The molecule has 0 spiro atoms. The maximum Gasteiger partial charge on any atom is 0.137 e. The predicted molar refractivity (Wildman–Crippen MR) is 82.6 cm³/mol. The van der Waals surface area contributed by atoms with Crippen LogP contribution in [0.25, 0.3) is 0 Å². The molecule has 0 amide bonds. The van der Waals surface area contributed by atoms with Gasteiger partial charge in [-0.3, -0.25) is 0 Å². The van der Waals surface area contributed by atoms with Crippen LogP contribution in [0.2, 0.25) is 5.15 Å². The Morgan fingerprint density at radius 3 is 2.55 bits per heavy atom. The first-order valence-electron chi connectivity index (χ1n) is 7.05. The summed E-state index contributed by atoms with van der Waals surface area (Å²) in [6.45, 7) is 14.2. The smallest absolute Gasteiger partial charge is 0.137 e. The highest BCUT2D eigenvalue weighted by Gasteiger charge is 2.32. The van der Waals surface area contributed by atoms with Crippen LogP contribution in [0.3, 0.4) is 0 Å². The average Bonchev–Trinajstić information content (AvgIpc) is 2.24. The number of aromatic nitrogens is 2. The second-order valence-corrected chi connectivity index (χ2v) is 7.58. The first-order valence-corrected chi connectivity index (χ1v) is 7.42. The minimum Gasteiger partial charge on any atom is -0.369 e. The largest absolute Gasteiger partial charge is 0.369 e. The Hall–Kier alpha value is -0.870. The van der Waals surface area contributed by atoms with Gasteiger partial charge in [-0.25, -0.2) is 9.97 Å². The number of anilines is 1. The third kappa shape index (κ3) is 3.61. The maximum atomic E-state index is 6.17. The van der Waals surface area contributed by atoms with Crippen LogP contribution in [0.5, 0.6) is 0 Å². The van der Waals surface area contributed by atoms with Crippen molar-refractivity contribution in [3.8, 4) is 0 Å². The van der Waals surface area contributed by atoms with Crippen LogP contribution in [0.1, 0.15) is 47.4 Å². The molecule has 2 heterocycles. The zero-order valence-electron chi connectivity index (χ0n) is 13.2. The highest BCUT2D eigenvalue weighted by Crippen LogP contribution is 2.28. The molecule has 20 heavy (non-hydrogen) atoms. The zero-order valence-corrected chi connectivity index (χ0v) is 14.0. The Morgan fingerprint density at radius 2 is 2.00 bits per heavy atom. The molecule has 0 N–H and O–H groups in total. The van der Waals surface area contributed by atoms with E-state index in [1.165, 1.54) is 0 Å². The second-order valence-electron chi connectivity index (χ2n) is 7.19. The molecule has 1 aromatic rings. The number of rotatable bonds is 1. The highest BCUT2D eigenvalue weighted by atomic mass is 35.5. The number of halogens is 1. The third-order valence-corrected chi connectivity index (χ3v) is 3.44. The summed E-state index contributed by atoms with van der Waals surface area (Å²) in [7, 11) is 0. The standard InChI is InChI=1S/C15H24ClN3O/c1-10-8-19(9-15(5,6)20-10)12-7-11(16)17-13(18-12)14(2,3)4/h7,10H,8-9H2,1-6H3. The average molecular weight is 298 g/mol. The zero-order chi connectivity index (χ0) is 15.1. The molecule has 5 heteroatoms. The molecule has 1 atom stereocenters. The lowest BCUT2D eigenvalue weighted by Gasteiger charge is -2.42. The van der Waals surface area contributed by atoms with Gasteiger partial charge in [0.2, 0.25) is 0 Å². The van der Waals surface area contributed by atoms with Gasteiger partial charge in [0.25, 0.3) is 0 Å². The van der Waals surface area contributed by atoms with Crippen molar-refractivity contribution in [2.24, 2.45) is 0 Å². The van der Waals surface area contributed by atoms with Gasteiger partial charge in [0.1, 0.15) is 16.8 Å². The van der Waals surface area contributed by atoms with Gasteiger partial charge in [-0.2, -0.15) is 0 Å². The Bertz CT molecular complexity index is 496. The quantitative estimate of drug-likeness (QED) is 0.744. The number of hydrogen-bond acceptors (Lipinski definition) is 4. The van der Waals surface area contributed by atoms with E-state index < -0.39 is 0 Å². The maximum absolute atomic E-state index is 6.17. The topological polar surface area (TPSA) is 38.2 Å². The number of nitrogens with zero attached hydrogens (tertiary/aromatic N) is 3. The van der Waals surface area contributed by atoms with Crippen molar-refractivity contribution in [3.05, 3.63) is 17.0 Å². The molecule has 112 valence electrons. The molecule has 1 unspecified atom stereocenters. The van der Waals surface area contributed by atoms with Crippen LogP contribution in [-0.2, 0) is 10.2 Å². The van der Waals surface area contributed by atoms with Crippen LogP contribution in [0.4, 0.5) is 5.82 Å². The summed E-state index contributed by atoms with van der Waals surface area (Å²) in [6, 6.07) is 1.84. The molecule has 0 aromatic carbocycles. The van der Waals surface area contributed by atoms with E-state index >= 15 is 0 Å². The fourth-order valence-corrected chi connectivity index (χ4v) is 2.71. The van der Waals surface area contributed by atoms with Gasteiger partial charge in [0, 0.05) is 24.6 Å². The molecule has 1 saturated heterocycles. The molecule has 1 aromatic heterocycles. The lowest BCUT2D eigenvalue weighted by molar-refractivity contribution is -0.0751. The summed E-state index contributed by atoms with van der Waals surface area (Å²) in [5, 5.41) is 0.497. The van der Waals surface area contributed by atoms with Crippen molar-refractivity contribution in [1.82, 2.24) is 9.97 Å². The number of morpholine rings is 1. The predicted octanol–water partition coefficient (Wildman–Crippen LogP) is 3.43. The normalized spacial score (nSPS) is 22.9. The van der Waals surface area contributed by atoms with Gasteiger partial charge in [-0.1, -0.05) is 32.4 Å². The first-order chi connectivity index (χ1) is 9.07. The summed E-state index contributed by atoms with van der Waals surface area (Å²) in [6.07, 6.45) is 0.172. The molecule has 4 nitrogen and oxygen atoms in total. The van der Waals surface area contributed by atoms with Crippen LogP contribution < -0.4 is 4.90 Å². The fraction of sp³-hybridized carbons (Fsp3) is 0.733. The molecular formula is C15H24ClN3O. The van der Waals surface area contributed by atoms with Gasteiger partial charge in [-0.15, -0.1) is 0 Å². The van der Waals surface area contributed by atoms with Crippen molar-refractivity contribution in [2.75, 3.05) is 18.0 Å². The van der Waals surface area contributed by atoms with Gasteiger partial charge < -0.3 is 9.64 Å².